The summed E-state index contributed by atoms with van der Waals surface area (Å²) >= 11 is 5.25. The topological polar surface area (TPSA) is 67.3 Å². The van der Waals surface area contributed by atoms with Crippen LogP contribution < -0.4 is 0 Å². The average Bonchev–Trinajstić information content (AvgIpc) is 2.06. The molecule has 0 aromatic carbocycles. The van der Waals surface area contributed by atoms with Crippen LogP contribution in [0.5, 0.6) is 5.75 Å². The number of hydrogen-bond acceptors (Lipinski definition) is 4. The molecule has 0 bridgehead atoms. The molecule has 0 atom stereocenters. The van der Waals surface area contributed by atoms with Crippen LogP contribution in [0.2, 0.25) is 5.15 Å². The third-order valence-electron chi connectivity index (χ3n) is 1.44. The van der Waals surface area contributed by atoms with Crippen molar-refractivity contribution in [2.75, 3.05) is 0 Å². The average molecular weight is 278 g/mol. The number of aromatic hydroxyl groups is 1. The van der Waals surface area contributed by atoms with E-state index in [-0.39, 0.29) is 0 Å². The summed E-state index contributed by atoms with van der Waals surface area (Å²) in [4.78, 5) is 3.15. The van der Waals surface area contributed by atoms with Crippen molar-refractivity contribution in [1.82, 2.24) is 4.98 Å². The van der Waals surface area contributed by atoms with Gasteiger partial charge in [0.25, 0.3) is 15.5 Å². The van der Waals surface area contributed by atoms with Crippen LogP contribution in [0.25, 0.3) is 0 Å². The highest BCUT2D eigenvalue weighted by molar-refractivity contribution is 8.13. The Morgan fingerprint density at radius 2 is 2.00 bits per heavy atom. The van der Waals surface area contributed by atoms with Crippen molar-refractivity contribution >= 4 is 31.3 Å². The highest BCUT2D eigenvalue weighted by Crippen LogP contribution is 2.34. The Bertz CT molecular complexity index is 491. The van der Waals surface area contributed by atoms with Crippen LogP contribution in [-0.4, -0.2) is 18.5 Å². The summed E-state index contributed by atoms with van der Waals surface area (Å²) in [5.41, 5.74) is -0.936. The van der Waals surface area contributed by atoms with Gasteiger partial charge in [-0.1, -0.05) is 11.6 Å². The Balaban J connectivity index is 3.50. The zero-order chi connectivity index (χ0) is 11.8. The molecular weight excluding hydrogens is 275 g/mol. The van der Waals surface area contributed by atoms with Crippen molar-refractivity contribution in [1.29, 1.82) is 0 Å². The standard InChI is InChI=1S/C6H3Cl2F2NO3S/c7-5-4(12)2(6(9)10)1-3(11-5)15(8,13)14/h1,6,12H. The summed E-state index contributed by atoms with van der Waals surface area (Å²) in [5, 5.41) is 7.47. The van der Waals surface area contributed by atoms with E-state index in [0.717, 1.165) is 0 Å². The zero-order valence-corrected chi connectivity index (χ0v) is 9.11. The lowest BCUT2D eigenvalue weighted by Crippen LogP contribution is -1.99. The van der Waals surface area contributed by atoms with Crippen molar-refractivity contribution < 1.29 is 22.3 Å². The number of rotatable bonds is 2. The molecule has 9 heteroatoms. The van der Waals surface area contributed by atoms with E-state index in [1.54, 1.807) is 0 Å². The zero-order valence-electron chi connectivity index (χ0n) is 6.79. The highest BCUT2D eigenvalue weighted by Gasteiger charge is 2.22. The van der Waals surface area contributed by atoms with Gasteiger partial charge < -0.3 is 5.11 Å². The van der Waals surface area contributed by atoms with E-state index in [1.807, 2.05) is 0 Å². The molecule has 84 valence electrons. The number of aromatic nitrogens is 1. The second-order valence-electron chi connectivity index (χ2n) is 2.43. The third kappa shape index (κ3) is 2.67. The summed E-state index contributed by atoms with van der Waals surface area (Å²) in [5.74, 6) is -0.962. The van der Waals surface area contributed by atoms with Crippen molar-refractivity contribution in [3.05, 3.63) is 16.8 Å². The lowest BCUT2D eigenvalue weighted by molar-refractivity contribution is 0.147. The molecule has 0 saturated carbocycles. The van der Waals surface area contributed by atoms with Crippen molar-refractivity contribution in [2.24, 2.45) is 0 Å². The number of hydrogen-bond donors (Lipinski definition) is 1. The molecule has 0 spiro atoms. The lowest BCUT2D eigenvalue weighted by atomic mass is 10.2. The van der Waals surface area contributed by atoms with Crippen molar-refractivity contribution in [3.8, 4) is 5.75 Å². The fourth-order valence-electron chi connectivity index (χ4n) is 0.794. The molecule has 1 N–H and O–H groups in total. The summed E-state index contributed by atoms with van der Waals surface area (Å²) < 4.78 is 46.2. The Morgan fingerprint density at radius 1 is 1.47 bits per heavy atom. The van der Waals surface area contributed by atoms with Crippen LogP contribution in [0.3, 0.4) is 0 Å². The predicted octanol–water partition coefficient (Wildman–Crippen LogP) is 2.31. The first-order chi connectivity index (χ1) is 6.73. The minimum absolute atomic E-state index is 0.466. The maximum atomic E-state index is 12.3. The molecular formula is C6H3Cl2F2NO3S. The summed E-state index contributed by atoms with van der Waals surface area (Å²) in [6.45, 7) is 0. The second kappa shape index (κ2) is 4.07. The van der Waals surface area contributed by atoms with Gasteiger partial charge in [-0.2, -0.15) is 0 Å². The molecule has 0 unspecified atom stereocenters. The largest absolute Gasteiger partial charge is 0.504 e. The summed E-state index contributed by atoms with van der Waals surface area (Å²) in [7, 11) is 0.618. The fourth-order valence-corrected chi connectivity index (χ4v) is 1.75. The van der Waals surface area contributed by atoms with E-state index >= 15 is 0 Å². The van der Waals surface area contributed by atoms with Gasteiger partial charge in [0.1, 0.15) is 0 Å². The van der Waals surface area contributed by atoms with Crippen LogP contribution >= 0.6 is 22.3 Å². The molecule has 0 fully saturated rings. The van der Waals surface area contributed by atoms with Gasteiger partial charge in [-0.25, -0.2) is 22.2 Å². The van der Waals surface area contributed by atoms with Crippen LogP contribution in [0.1, 0.15) is 12.0 Å². The molecule has 0 saturated heterocycles. The van der Waals surface area contributed by atoms with Gasteiger partial charge in [-0.05, 0) is 6.07 Å². The van der Waals surface area contributed by atoms with Crippen LogP contribution in [0.15, 0.2) is 11.1 Å². The Labute approximate surface area is 92.9 Å². The van der Waals surface area contributed by atoms with E-state index in [0.29, 0.717) is 6.07 Å². The third-order valence-corrected chi connectivity index (χ3v) is 2.89. The number of pyridine rings is 1. The molecule has 4 nitrogen and oxygen atoms in total. The van der Waals surface area contributed by atoms with Crippen LogP contribution in [0.4, 0.5) is 8.78 Å². The van der Waals surface area contributed by atoms with Gasteiger partial charge in [0.15, 0.2) is 15.9 Å². The second-order valence-corrected chi connectivity index (χ2v) is 5.30. The molecule has 0 radical (unpaired) electrons. The minimum Gasteiger partial charge on any atom is -0.504 e. The maximum absolute atomic E-state index is 12.3. The Morgan fingerprint density at radius 3 is 2.40 bits per heavy atom. The normalized spacial score (nSPS) is 12.1. The molecule has 0 amide bonds. The molecule has 0 aliphatic rings. The Hall–Kier alpha value is -0.660. The molecule has 1 heterocycles. The summed E-state index contributed by atoms with van der Waals surface area (Å²) in [6.07, 6.45) is -3.08. The van der Waals surface area contributed by atoms with E-state index in [2.05, 4.69) is 4.98 Å². The number of nitrogens with zero attached hydrogens (tertiary/aromatic N) is 1. The molecule has 0 aliphatic heterocycles. The van der Waals surface area contributed by atoms with E-state index < -0.39 is 37.0 Å². The molecule has 15 heavy (non-hydrogen) atoms. The van der Waals surface area contributed by atoms with Gasteiger partial charge in [0, 0.05) is 10.7 Å². The monoisotopic (exact) mass is 277 g/mol. The smallest absolute Gasteiger partial charge is 0.278 e. The molecule has 0 aliphatic carbocycles. The fraction of sp³-hybridized carbons (Fsp3) is 0.167. The minimum atomic E-state index is -4.27. The number of alkyl halides is 2. The van der Waals surface area contributed by atoms with E-state index in [4.69, 9.17) is 27.4 Å². The van der Waals surface area contributed by atoms with Crippen LogP contribution in [0, 0.1) is 0 Å². The van der Waals surface area contributed by atoms with E-state index in [9.17, 15) is 17.2 Å². The van der Waals surface area contributed by atoms with Gasteiger partial charge >= 0.3 is 0 Å². The van der Waals surface area contributed by atoms with Gasteiger partial charge in [-0.15, -0.1) is 0 Å². The molecule has 1 rings (SSSR count). The van der Waals surface area contributed by atoms with Gasteiger partial charge in [0.05, 0.1) is 5.56 Å². The first-order valence-electron chi connectivity index (χ1n) is 3.35. The van der Waals surface area contributed by atoms with E-state index in [1.165, 1.54) is 0 Å². The van der Waals surface area contributed by atoms with Gasteiger partial charge in [0.2, 0.25) is 0 Å². The predicted molar refractivity (Wildman–Crippen MR) is 48.9 cm³/mol. The first-order valence-corrected chi connectivity index (χ1v) is 6.04. The first kappa shape index (κ1) is 12.4. The van der Waals surface area contributed by atoms with Gasteiger partial charge in [-0.3, -0.25) is 0 Å². The van der Waals surface area contributed by atoms with Crippen molar-refractivity contribution in [2.45, 2.75) is 11.5 Å². The quantitative estimate of drug-likeness (QED) is 0.665. The lowest BCUT2D eigenvalue weighted by Gasteiger charge is -2.05. The summed E-state index contributed by atoms with van der Waals surface area (Å²) in [6, 6.07) is 0.466. The Kier molecular flexibility index (Phi) is 3.37. The molecule has 1 aromatic heterocycles. The number of halogens is 4. The van der Waals surface area contributed by atoms with Crippen molar-refractivity contribution in [3.63, 3.8) is 0 Å². The highest BCUT2D eigenvalue weighted by atomic mass is 35.7. The molecule has 1 aromatic rings. The maximum Gasteiger partial charge on any atom is 0.278 e. The van der Waals surface area contributed by atoms with Crippen LogP contribution in [-0.2, 0) is 9.05 Å². The SMILES string of the molecule is O=S(=O)(Cl)c1cc(C(F)F)c(O)c(Cl)n1.